The molecule has 0 heterocycles. The first-order valence-electron chi connectivity index (χ1n) is 10.2. The monoisotopic (exact) mass is 488 g/mol. The maximum Gasteiger partial charge on any atom is 0.264 e. The molecule has 34 heavy (non-hydrogen) atoms. The topological polar surface area (TPSA) is 94.2 Å². The molecule has 0 spiro atoms. The van der Waals surface area contributed by atoms with Gasteiger partial charge in [0.2, 0.25) is 5.91 Å². The van der Waals surface area contributed by atoms with Gasteiger partial charge in [-0.05, 0) is 66.2 Å². The van der Waals surface area contributed by atoms with Crippen molar-refractivity contribution in [3.05, 3.63) is 78.1 Å². The zero-order valence-corrected chi connectivity index (χ0v) is 19.8. The summed E-state index contributed by atoms with van der Waals surface area (Å²) in [5.41, 5.74) is 0.885. The molecular weight excluding hydrogens is 463 g/mol. The van der Waals surface area contributed by atoms with Gasteiger partial charge < -0.3 is 19.5 Å². The Morgan fingerprint density at radius 3 is 2.12 bits per heavy atom. The molecule has 180 valence electrons. The van der Waals surface area contributed by atoms with Crippen molar-refractivity contribution in [1.29, 1.82) is 0 Å². The quantitative estimate of drug-likeness (QED) is 0.470. The third-order valence-corrected chi connectivity index (χ3v) is 6.77. The van der Waals surface area contributed by atoms with Gasteiger partial charge in [-0.2, -0.15) is 0 Å². The van der Waals surface area contributed by atoms with Crippen molar-refractivity contribution in [2.24, 2.45) is 0 Å². The summed E-state index contributed by atoms with van der Waals surface area (Å²) in [6.45, 7) is -0.369. The molecule has 0 saturated heterocycles. The van der Waals surface area contributed by atoms with Crippen molar-refractivity contribution >= 4 is 21.6 Å². The highest BCUT2D eigenvalue weighted by Crippen LogP contribution is 2.28. The number of carbonyl (C=O) groups excluding carboxylic acids is 1. The molecule has 3 rings (SSSR count). The molecule has 8 nitrogen and oxygen atoms in total. The Morgan fingerprint density at radius 2 is 1.53 bits per heavy atom. The van der Waals surface area contributed by atoms with Crippen LogP contribution in [-0.4, -0.2) is 42.2 Å². The number of carbonyl (C=O) groups is 1. The molecule has 3 aromatic rings. The van der Waals surface area contributed by atoms with Gasteiger partial charge in [-0.1, -0.05) is 6.07 Å². The molecule has 1 N–H and O–H groups in total. The Kier molecular flexibility index (Phi) is 7.95. The lowest BCUT2D eigenvalue weighted by atomic mass is 10.2. The number of rotatable bonds is 10. The van der Waals surface area contributed by atoms with Crippen LogP contribution in [0.5, 0.6) is 17.2 Å². The van der Waals surface area contributed by atoms with E-state index in [-0.39, 0.29) is 17.1 Å². The van der Waals surface area contributed by atoms with Crippen LogP contribution >= 0.6 is 0 Å². The number of hydrogen-bond donors (Lipinski definition) is 1. The molecule has 1 amide bonds. The molecule has 0 aliphatic rings. The highest BCUT2D eigenvalue weighted by Gasteiger charge is 2.27. The third kappa shape index (κ3) is 5.76. The fourth-order valence-corrected chi connectivity index (χ4v) is 4.60. The number of methoxy groups -OCH3 is 3. The average molecular weight is 489 g/mol. The Balaban J connectivity index is 1.82. The largest absolute Gasteiger partial charge is 0.497 e. The highest BCUT2D eigenvalue weighted by atomic mass is 32.2. The minimum Gasteiger partial charge on any atom is -0.497 e. The molecule has 0 atom stereocenters. The number of anilines is 1. The summed E-state index contributed by atoms with van der Waals surface area (Å²) >= 11 is 0. The molecule has 10 heteroatoms. The molecule has 0 radical (unpaired) electrons. The predicted octanol–water partition coefficient (Wildman–Crippen LogP) is 3.36. The first kappa shape index (κ1) is 24.8. The van der Waals surface area contributed by atoms with Crippen molar-refractivity contribution in [1.82, 2.24) is 5.32 Å². The first-order chi connectivity index (χ1) is 16.3. The van der Waals surface area contributed by atoms with Crippen LogP contribution in [0.4, 0.5) is 10.1 Å². The molecule has 0 bridgehead atoms. The second kappa shape index (κ2) is 10.9. The highest BCUT2D eigenvalue weighted by molar-refractivity contribution is 7.92. The van der Waals surface area contributed by atoms with E-state index >= 15 is 0 Å². The van der Waals surface area contributed by atoms with E-state index in [0.717, 1.165) is 22.0 Å². The number of hydrogen-bond acceptors (Lipinski definition) is 6. The Bertz CT molecular complexity index is 1230. The van der Waals surface area contributed by atoms with Crippen LogP contribution < -0.4 is 23.8 Å². The van der Waals surface area contributed by atoms with E-state index in [1.165, 1.54) is 57.7 Å². The van der Waals surface area contributed by atoms with Crippen LogP contribution in [0.2, 0.25) is 0 Å². The number of halogens is 1. The van der Waals surface area contributed by atoms with Crippen LogP contribution in [0.3, 0.4) is 0 Å². The van der Waals surface area contributed by atoms with Gasteiger partial charge in [-0.25, -0.2) is 12.8 Å². The van der Waals surface area contributed by atoms with Gasteiger partial charge in [-0.3, -0.25) is 9.10 Å². The maximum atomic E-state index is 13.5. The lowest BCUT2D eigenvalue weighted by Crippen LogP contribution is -2.40. The van der Waals surface area contributed by atoms with Gasteiger partial charge in [0.05, 0.1) is 31.9 Å². The first-order valence-corrected chi connectivity index (χ1v) is 11.6. The minimum absolute atomic E-state index is 0.0367. The van der Waals surface area contributed by atoms with Crippen LogP contribution in [0, 0.1) is 5.82 Å². The van der Waals surface area contributed by atoms with E-state index in [1.807, 2.05) is 0 Å². The van der Waals surface area contributed by atoms with E-state index in [0.29, 0.717) is 17.2 Å². The summed E-state index contributed by atoms with van der Waals surface area (Å²) < 4.78 is 56.7. The molecule has 0 fully saturated rings. The Labute approximate surface area is 197 Å². The molecular formula is C24H25FN2O6S. The van der Waals surface area contributed by atoms with Crippen molar-refractivity contribution in [3.8, 4) is 17.2 Å². The number of amides is 1. The number of ether oxygens (including phenoxy) is 3. The van der Waals surface area contributed by atoms with Crippen molar-refractivity contribution in [2.75, 3.05) is 32.2 Å². The number of sulfonamides is 1. The Morgan fingerprint density at radius 1 is 0.882 bits per heavy atom. The predicted molar refractivity (Wildman–Crippen MR) is 125 cm³/mol. The van der Waals surface area contributed by atoms with Gasteiger partial charge in [0.25, 0.3) is 10.0 Å². The van der Waals surface area contributed by atoms with Gasteiger partial charge in [0.1, 0.15) is 18.1 Å². The summed E-state index contributed by atoms with van der Waals surface area (Å²) in [7, 11) is 0.363. The summed E-state index contributed by atoms with van der Waals surface area (Å²) in [6.07, 6.45) is 0. The van der Waals surface area contributed by atoms with E-state index in [1.54, 1.807) is 18.2 Å². The minimum atomic E-state index is -4.13. The zero-order valence-electron chi connectivity index (χ0n) is 18.9. The maximum absolute atomic E-state index is 13.5. The van der Waals surface area contributed by atoms with Gasteiger partial charge in [-0.15, -0.1) is 0 Å². The molecule has 0 saturated carbocycles. The van der Waals surface area contributed by atoms with E-state index in [2.05, 4.69) is 5.32 Å². The van der Waals surface area contributed by atoms with Crippen LogP contribution in [-0.2, 0) is 21.4 Å². The SMILES string of the molecule is COc1ccc(S(=O)(=O)N(CC(=O)NCc2ccc(OC)c(OC)c2)c2ccc(F)cc2)cc1. The number of benzene rings is 3. The smallest absolute Gasteiger partial charge is 0.264 e. The summed E-state index contributed by atoms with van der Waals surface area (Å²) in [5, 5.41) is 2.71. The summed E-state index contributed by atoms with van der Waals surface area (Å²) in [6, 6.07) is 15.8. The standard InChI is InChI=1S/C24H25FN2O6S/c1-31-20-9-11-21(12-10-20)34(29,30)27(19-7-5-18(25)6-8-19)16-24(28)26-15-17-4-13-22(32-2)23(14-17)33-3/h4-14H,15-16H2,1-3H3,(H,26,28). The van der Waals surface area contributed by atoms with Crippen molar-refractivity contribution in [2.45, 2.75) is 11.4 Å². The number of nitrogens with one attached hydrogen (secondary N) is 1. The van der Waals surface area contributed by atoms with Gasteiger partial charge in [0.15, 0.2) is 11.5 Å². The molecule has 0 aromatic heterocycles. The van der Waals surface area contributed by atoms with Gasteiger partial charge in [0, 0.05) is 6.54 Å². The fourth-order valence-electron chi connectivity index (χ4n) is 3.17. The van der Waals surface area contributed by atoms with Crippen molar-refractivity contribution in [3.63, 3.8) is 0 Å². The average Bonchev–Trinajstić information content (AvgIpc) is 2.86. The summed E-state index contributed by atoms with van der Waals surface area (Å²) in [4.78, 5) is 12.7. The summed E-state index contributed by atoms with van der Waals surface area (Å²) in [5.74, 6) is 0.467. The lowest BCUT2D eigenvalue weighted by molar-refractivity contribution is -0.119. The van der Waals surface area contributed by atoms with Crippen LogP contribution in [0.15, 0.2) is 71.6 Å². The molecule has 3 aromatic carbocycles. The second-order valence-electron chi connectivity index (χ2n) is 7.13. The van der Waals surface area contributed by atoms with E-state index in [4.69, 9.17) is 14.2 Å². The Hall–Kier alpha value is -3.79. The van der Waals surface area contributed by atoms with Gasteiger partial charge >= 0.3 is 0 Å². The molecule has 0 aliphatic carbocycles. The second-order valence-corrected chi connectivity index (χ2v) is 8.99. The normalized spacial score (nSPS) is 10.9. The number of nitrogens with zero attached hydrogens (tertiary/aromatic N) is 1. The fraction of sp³-hybridized carbons (Fsp3) is 0.208. The van der Waals surface area contributed by atoms with Crippen molar-refractivity contribution < 1.29 is 31.8 Å². The molecule has 0 aliphatic heterocycles. The van der Waals surface area contributed by atoms with Crippen LogP contribution in [0.1, 0.15) is 5.56 Å². The van der Waals surface area contributed by atoms with E-state index < -0.39 is 28.3 Å². The third-order valence-electron chi connectivity index (χ3n) is 4.99. The van der Waals surface area contributed by atoms with Crippen LogP contribution in [0.25, 0.3) is 0 Å². The van der Waals surface area contributed by atoms with E-state index in [9.17, 15) is 17.6 Å². The zero-order chi connectivity index (χ0) is 24.7. The molecule has 0 unspecified atom stereocenters. The lowest BCUT2D eigenvalue weighted by Gasteiger charge is -2.24.